The Balaban J connectivity index is 0.00000162. The molecular weight excluding hydrogens is 278 g/mol. The summed E-state index contributed by atoms with van der Waals surface area (Å²) in [7, 11) is 0. The lowest BCUT2D eigenvalue weighted by Crippen LogP contribution is -2.37. The van der Waals surface area contributed by atoms with Gasteiger partial charge in [0.15, 0.2) is 0 Å². The molecule has 1 heterocycles. The number of hydrogen-bond donors (Lipinski definition) is 2. The van der Waals surface area contributed by atoms with E-state index in [2.05, 4.69) is 10.6 Å². The number of hydrogen-bond acceptors (Lipinski definition) is 2. The number of halogens is 3. The molecule has 1 aromatic carbocycles. The number of benzene rings is 1. The first-order chi connectivity index (χ1) is 8.16. The zero-order chi connectivity index (χ0) is 12.3. The lowest BCUT2D eigenvalue weighted by Gasteiger charge is -2.11. The normalized spacial score (nSPS) is 18.2. The van der Waals surface area contributed by atoms with Gasteiger partial charge in [0, 0.05) is 18.2 Å². The van der Waals surface area contributed by atoms with Gasteiger partial charge in [-0.3, -0.25) is 4.79 Å². The minimum atomic E-state index is -0.513. The summed E-state index contributed by atoms with van der Waals surface area (Å²) >= 11 is 5.62. The highest BCUT2D eigenvalue weighted by atomic mass is 35.5. The van der Waals surface area contributed by atoms with Crippen LogP contribution in [0.25, 0.3) is 0 Å². The van der Waals surface area contributed by atoms with Crippen LogP contribution in [0, 0.1) is 5.82 Å². The van der Waals surface area contributed by atoms with Gasteiger partial charge in [-0.1, -0.05) is 11.6 Å². The van der Waals surface area contributed by atoms with Gasteiger partial charge >= 0.3 is 0 Å². The van der Waals surface area contributed by atoms with Crippen molar-refractivity contribution in [3.05, 3.63) is 34.6 Å². The zero-order valence-electron chi connectivity index (χ0n) is 9.71. The third kappa shape index (κ3) is 3.83. The minimum absolute atomic E-state index is 0. The Hall–Kier alpha value is -0.840. The summed E-state index contributed by atoms with van der Waals surface area (Å²) in [5.74, 6) is -0.735. The number of nitrogens with one attached hydrogen (secondary N) is 2. The van der Waals surface area contributed by atoms with E-state index in [4.69, 9.17) is 11.6 Å². The van der Waals surface area contributed by atoms with E-state index in [0.717, 1.165) is 19.4 Å². The topological polar surface area (TPSA) is 41.1 Å². The highest BCUT2D eigenvalue weighted by Gasteiger charge is 2.15. The molecule has 2 N–H and O–H groups in total. The average molecular weight is 293 g/mol. The summed E-state index contributed by atoms with van der Waals surface area (Å²) in [5.41, 5.74) is 0.384. The van der Waals surface area contributed by atoms with Crippen molar-refractivity contribution in [2.75, 3.05) is 13.1 Å². The average Bonchev–Trinajstić information content (AvgIpc) is 2.82. The second-order valence-corrected chi connectivity index (χ2v) is 4.54. The lowest BCUT2D eigenvalue weighted by atomic mass is 10.2. The third-order valence-corrected chi connectivity index (χ3v) is 3.14. The smallest absolute Gasteiger partial charge is 0.251 e. The van der Waals surface area contributed by atoms with E-state index in [9.17, 15) is 9.18 Å². The number of carbonyl (C=O) groups excluding carboxylic acids is 1. The van der Waals surface area contributed by atoms with Gasteiger partial charge in [-0.2, -0.15) is 0 Å². The number of rotatable bonds is 3. The fourth-order valence-corrected chi connectivity index (χ4v) is 2.07. The fraction of sp³-hybridized carbons (Fsp3) is 0.417. The van der Waals surface area contributed by atoms with Crippen molar-refractivity contribution in [1.82, 2.24) is 10.6 Å². The van der Waals surface area contributed by atoms with Gasteiger partial charge in [-0.15, -0.1) is 12.4 Å². The molecule has 1 amide bonds. The van der Waals surface area contributed by atoms with Crippen molar-refractivity contribution in [2.24, 2.45) is 0 Å². The molecule has 1 aromatic rings. The molecule has 0 aliphatic carbocycles. The molecule has 0 saturated carbocycles. The quantitative estimate of drug-likeness (QED) is 0.898. The lowest BCUT2D eigenvalue weighted by molar-refractivity contribution is 0.0950. The SMILES string of the molecule is Cl.O=C(NCC1CCCN1)c1ccc(F)c(Cl)c1. The van der Waals surface area contributed by atoms with E-state index in [0.29, 0.717) is 18.2 Å². The van der Waals surface area contributed by atoms with E-state index in [1.165, 1.54) is 18.2 Å². The fourth-order valence-electron chi connectivity index (χ4n) is 1.89. The van der Waals surface area contributed by atoms with Crippen LogP contribution in [0.4, 0.5) is 4.39 Å². The molecule has 0 radical (unpaired) electrons. The molecule has 1 saturated heterocycles. The molecule has 0 spiro atoms. The van der Waals surface area contributed by atoms with Crippen molar-refractivity contribution in [1.29, 1.82) is 0 Å². The van der Waals surface area contributed by atoms with Gasteiger partial charge in [0.05, 0.1) is 5.02 Å². The van der Waals surface area contributed by atoms with Crippen LogP contribution in [0.1, 0.15) is 23.2 Å². The van der Waals surface area contributed by atoms with Crippen LogP contribution in [0.15, 0.2) is 18.2 Å². The van der Waals surface area contributed by atoms with Crippen LogP contribution in [-0.2, 0) is 0 Å². The maximum atomic E-state index is 12.9. The first kappa shape index (κ1) is 15.2. The van der Waals surface area contributed by atoms with Crippen LogP contribution < -0.4 is 10.6 Å². The molecular formula is C12H15Cl2FN2O. The molecule has 100 valence electrons. The molecule has 0 bridgehead atoms. The Labute approximate surface area is 116 Å². The molecule has 1 atom stereocenters. The summed E-state index contributed by atoms with van der Waals surface area (Å²) < 4.78 is 12.9. The molecule has 1 unspecified atom stereocenters. The highest BCUT2D eigenvalue weighted by molar-refractivity contribution is 6.31. The molecule has 1 aliphatic rings. The van der Waals surface area contributed by atoms with Crippen molar-refractivity contribution in [2.45, 2.75) is 18.9 Å². The van der Waals surface area contributed by atoms with E-state index in [1.54, 1.807) is 0 Å². The molecule has 1 aliphatic heterocycles. The van der Waals surface area contributed by atoms with Crippen molar-refractivity contribution in [3.63, 3.8) is 0 Å². The zero-order valence-corrected chi connectivity index (χ0v) is 11.3. The van der Waals surface area contributed by atoms with Crippen LogP contribution >= 0.6 is 24.0 Å². The van der Waals surface area contributed by atoms with E-state index in [-0.39, 0.29) is 23.3 Å². The molecule has 2 rings (SSSR count). The van der Waals surface area contributed by atoms with E-state index < -0.39 is 5.82 Å². The first-order valence-electron chi connectivity index (χ1n) is 5.63. The molecule has 18 heavy (non-hydrogen) atoms. The maximum absolute atomic E-state index is 12.9. The summed E-state index contributed by atoms with van der Waals surface area (Å²) in [6.07, 6.45) is 2.22. The van der Waals surface area contributed by atoms with Gasteiger partial charge in [0.25, 0.3) is 5.91 Å². The summed E-state index contributed by atoms with van der Waals surface area (Å²) in [6.45, 7) is 1.59. The van der Waals surface area contributed by atoms with Gasteiger partial charge in [0.1, 0.15) is 5.82 Å². The van der Waals surface area contributed by atoms with Crippen molar-refractivity contribution in [3.8, 4) is 0 Å². The van der Waals surface area contributed by atoms with E-state index in [1.807, 2.05) is 0 Å². The summed E-state index contributed by atoms with van der Waals surface area (Å²) in [4.78, 5) is 11.7. The predicted octanol–water partition coefficient (Wildman–Crippen LogP) is 2.38. The van der Waals surface area contributed by atoms with Crippen LogP contribution in [0.2, 0.25) is 5.02 Å². The minimum Gasteiger partial charge on any atom is -0.350 e. The predicted molar refractivity (Wildman–Crippen MR) is 72.0 cm³/mol. The van der Waals surface area contributed by atoms with Crippen LogP contribution in [0.5, 0.6) is 0 Å². The van der Waals surface area contributed by atoms with Crippen LogP contribution in [0.3, 0.4) is 0 Å². The molecule has 6 heteroatoms. The third-order valence-electron chi connectivity index (χ3n) is 2.85. The van der Waals surface area contributed by atoms with Crippen LogP contribution in [-0.4, -0.2) is 25.0 Å². The first-order valence-corrected chi connectivity index (χ1v) is 6.01. The number of carbonyl (C=O) groups is 1. The van der Waals surface area contributed by atoms with E-state index >= 15 is 0 Å². The maximum Gasteiger partial charge on any atom is 0.251 e. The largest absolute Gasteiger partial charge is 0.350 e. The molecule has 3 nitrogen and oxygen atoms in total. The Bertz CT molecular complexity index is 423. The van der Waals surface area contributed by atoms with Gasteiger partial charge in [0.2, 0.25) is 0 Å². The highest BCUT2D eigenvalue weighted by Crippen LogP contribution is 2.15. The standard InChI is InChI=1S/C12H14ClFN2O.ClH/c13-10-6-8(3-4-11(10)14)12(17)16-7-9-2-1-5-15-9;/h3-4,6,9,15H,1-2,5,7H2,(H,16,17);1H. The Morgan fingerprint density at radius 3 is 2.94 bits per heavy atom. The molecule has 1 fully saturated rings. The van der Waals surface area contributed by atoms with Crippen molar-refractivity contribution < 1.29 is 9.18 Å². The van der Waals surface area contributed by atoms with Gasteiger partial charge in [-0.05, 0) is 37.6 Å². The van der Waals surface area contributed by atoms with Crippen molar-refractivity contribution >= 4 is 29.9 Å². The second-order valence-electron chi connectivity index (χ2n) is 4.13. The Morgan fingerprint density at radius 1 is 1.56 bits per heavy atom. The Kier molecular flexibility index (Phi) is 5.85. The van der Waals surface area contributed by atoms with Gasteiger partial charge < -0.3 is 10.6 Å². The molecule has 0 aromatic heterocycles. The summed E-state index contributed by atoms with van der Waals surface area (Å²) in [6, 6.07) is 4.31. The Morgan fingerprint density at radius 2 is 2.33 bits per heavy atom. The summed E-state index contributed by atoms with van der Waals surface area (Å²) in [5, 5.41) is 6.06. The second kappa shape index (κ2) is 6.92. The van der Waals surface area contributed by atoms with Gasteiger partial charge in [-0.25, -0.2) is 4.39 Å². The number of amides is 1. The monoisotopic (exact) mass is 292 g/mol.